The molecule has 2 aromatic heterocycles. The number of aliphatic hydroxyl groups is 1. The van der Waals surface area contributed by atoms with Gasteiger partial charge in [-0.15, -0.1) is 0 Å². The minimum Gasteiger partial charge on any atom is -0.497 e. The first-order valence-corrected chi connectivity index (χ1v) is 13.0. The highest BCUT2D eigenvalue weighted by Crippen LogP contribution is 2.32. The summed E-state index contributed by atoms with van der Waals surface area (Å²) in [4.78, 5) is 2.13. The number of unbranched alkanes of at least 4 members (excludes halogenated alkanes) is 1. The highest BCUT2D eigenvalue weighted by atomic mass is 16.5. The van der Waals surface area contributed by atoms with Crippen LogP contribution in [-0.2, 0) is 17.8 Å². The SMILES string of the molecule is CCCCOCC(O)CN(Cc1ccco1)Cc1c(C)nn(-c2ccccc2)c1Oc1ccc(OC)cc1. The Labute approximate surface area is 224 Å². The fraction of sp³-hybridized carbons (Fsp3) is 0.367. The number of benzene rings is 2. The van der Waals surface area contributed by atoms with Crippen molar-refractivity contribution in [3.63, 3.8) is 0 Å². The lowest BCUT2D eigenvalue weighted by Gasteiger charge is -2.24. The van der Waals surface area contributed by atoms with E-state index in [1.54, 1.807) is 13.4 Å². The molecule has 38 heavy (non-hydrogen) atoms. The van der Waals surface area contributed by atoms with Gasteiger partial charge in [0.15, 0.2) is 0 Å². The van der Waals surface area contributed by atoms with E-state index in [2.05, 4.69) is 11.8 Å². The van der Waals surface area contributed by atoms with Crippen molar-refractivity contribution in [2.75, 3.05) is 26.9 Å². The number of aryl methyl sites for hydroxylation is 1. The number of hydrogen-bond acceptors (Lipinski definition) is 7. The zero-order chi connectivity index (χ0) is 26.7. The van der Waals surface area contributed by atoms with E-state index in [4.69, 9.17) is 23.7 Å². The lowest BCUT2D eigenvalue weighted by Crippen LogP contribution is -2.34. The van der Waals surface area contributed by atoms with Gasteiger partial charge in [0.1, 0.15) is 17.3 Å². The lowest BCUT2D eigenvalue weighted by molar-refractivity contribution is 0.0116. The first-order valence-electron chi connectivity index (χ1n) is 13.0. The van der Waals surface area contributed by atoms with Crippen LogP contribution in [0, 0.1) is 6.92 Å². The maximum absolute atomic E-state index is 10.8. The summed E-state index contributed by atoms with van der Waals surface area (Å²) >= 11 is 0. The summed E-state index contributed by atoms with van der Waals surface area (Å²) < 4.78 is 24.9. The molecule has 1 atom stereocenters. The monoisotopic (exact) mass is 519 g/mol. The molecule has 0 fully saturated rings. The van der Waals surface area contributed by atoms with E-state index in [-0.39, 0.29) is 6.61 Å². The van der Waals surface area contributed by atoms with Crippen molar-refractivity contribution < 1.29 is 23.7 Å². The summed E-state index contributed by atoms with van der Waals surface area (Å²) in [5.74, 6) is 2.86. The summed E-state index contributed by atoms with van der Waals surface area (Å²) in [6, 6.07) is 21.2. The fourth-order valence-electron chi connectivity index (χ4n) is 4.17. The highest BCUT2D eigenvalue weighted by Gasteiger charge is 2.23. The van der Waals surface area contributed by atoms with Crippen LogP contribution in [0.2, 0.25) is 0 Å². The normalized spacial score (nSPS) is 12.1. The molecule has 0 radical (unpaired) electrons. The van der Waals surface area contributed by atoms with Gasteiger partial charge >= 0.3 is 0 Å². The van der Waals surface area contributed by atoms with Crippen molar-refractivity contribution in [3.05, 3.63) is 90.0 Å². The third-order valence-corrected chi connectivity index (χ3v) is 6.17. The molecule has 202 valence electrons. The molecular formula is C30H37N3O5. The van der Waals surface area contributed by atoms with E-state index in [0.29, 0.717) is 37.9 Å². The Hall–Kier alpha value is -3.59. The van der Waals surface area contributed by atoms with Crippen molar-refractivity contribution in [2.24, 2.45) is 0 Å². The van der Waals surface area contributed by atoms with E-state index >= 15 is 0 Å². The molecule has 0 saturated heterocycles. The van der Waals surface area contributed by atoms with Crippen LogP contribution in [-0.4, -0.2) is 52.8 Å². The average molecular weight is 520 g/mol. The molecule has 0 saturated carbocycles. The Bertz CT molecular complexity index is 1220. The van der Waals surface area contributed by atoms with Crippen LogP contribution in [0.15, 0.2) is 77.4 Å². The van der Waals surface area contributed by atoms with Crippen LogP contribution in [0.4, 0.5) is 0 Å². The van der Waals surface area contributed by atoms with Crippen molar-refractivity contribution >= 4 is 0 Å². The van der Waals surface area contributed by atoms with Gasteiger partial charge in [0.2, 0.25) is 5.88 Å². The highest BCUT2D eigenvalue weighted by molar-refractivity contribution is 5.44. The molecule has 1 unspecified atom stereocenters. The topological polar surface area (TPSA) is 82.1 Å². The Kier molecular flexibility index (Phi) is 9.97. The van der Waals surface area contributed by atoms with E-state index in [1.165, 1.54) is 0 Å². The maximum Gasteiger partial charge on any atom is 0.227 e. The molecule has 4 rings (SSSR count). The number of nitrogens with zero attached hydrogens (tertiary/aromatic N) is 3. The summed E-state index contributed by atoms with van der Waals surface area (Å²) in [6.45, 7) is 6.46. The van der Waals surface area contributed by atoms with Gasteiger partial charge in [-0.2, -0.15) is 5.10 Å². The van der Waals surface area contributed by atoms with Gasteiger partial charge in [-0.3, -0.25) is 4.90 Å². The van der Waals surface area contributed by atoms with E-state index in [9.17, 15) is 5.11 Å². The largest absolute Gasteiger partial charge is 0.497 e. The number of aromatic nitrogens is 2. The van der Waals surface area contributed by atoms with Crippen LogP contribution in [0.25, 0.3) is 5.69 Å². The second-order valence-electron chi connectivity index (χ2n) is 9.23. The summed E-state index contributed by atoms with van der Waals surface area (Å²) in [5.41, 5.74) is 2.66. The second-order valence-corrected chi connectivity index (χ2v) is 9.23. The van der Waals surface area contributed by atoms with Crippen LogP contribution in [0.1, 0.15) is 36.8 Å². The lowest BCUT2D eigenvalue weighted by atomic mass is 10.2. The molecule has 2 heterocycles. The van der Waals surface area contributed by atoms with E-state index < -0.39 is 6.10 Å². The summed E-state index contributed by atoms with van der Waals surface area (Å²) in [7, 11) is 1.64. The van der Waals surface area contributed by atoms with Gasteiger partial charge in [0.25, 0.3) is 0 Å². The predicted octanol–water partition coefficient (Wildman–Crippen LogP) is 5.75. The minimum absolute atomic E-state index is 0.284. The number of methoxy groups -OCH3 is 1. The minimum atomic E-state index is -0.641. The smallest absolute Gasteiger partial charge is 0.227 e. The van der Waals surface area contributed by atoms with Gasteiger partial charge in [0.05, 0.1) is 49.6 Å². The van der Waals surface area contributed by atoms with E-state index in [0.717, 1.165) is 41.3 Å². The number of furan rings is 1. The zero-order valence-electron chi connectivity index (χ0n) is 22.4. The second kappa shape index (κ2) is 13.8. The number of aliphatic hydroxyl groups excluding tert-OH is 1. The van der Waals surface area contributed by atoms with Crippen molar-refractivity contribution in [1.29, 1.82) is 0 Å². The first kappa shape index (κ1) is 27.4. The number of ether oxygens (including phenoxy) is 3. The van der Waals surface area contributed by atoms with Crippen molar-refractivity contribution in [3.8, 4) is 23.1 Å². The van der Waals surface area contributed by atoms with Gasteiger partial charge in [0, 0.05) is 19.7 Å². The van der Waals surface area contributed by atoms with Crippen molar-refractivity contribution in [1.82, 2.24) is 14.7 Å². The Morgan fingerprint density at radius 3 is 2.45 bits per heavy atom. The third kappa shape index (κ3) is 7.47. The fourth-order valence-corrected chi connectivity index (χ4v) is 4.17. The molecule has 8 heteroatoms. The number of hydrogen-bond donors (Lipinski definition) is 1. The molecule has 0 spiro atoms. The molecule has 0 bridgehead atoms. The summed E-state index contributed by atoms with van der Waals surface area (Å²) in [6.07, 6.45) is 3.06. The standard InChI is InChI=1S/C30H37N3O5/c1-4-5-17-36-22-25(34)19-32(20-28-12-9-18-37-28)21-29-23(2)31-33(24-10-7-6-8-11-24)30(29)38-27-15-13-26(35-3)14-16-27/h6-16,18,25,34H,4-5,17,19-22H2,1-3H3. The first-order chi connectivity index (χ1) is 18.6. The molecule has 0 aliphatic rings. The molecule has 1 N–H and O–H groups in total. The Balaban J connectivity index is 1.63. The molecule has 4 aromatic rings. The van der Waals surface area contributed by atoms with Crippen LogP contribution >= 0.6 is 0 Å². The third-order valence-electron chi connectivity index (χ3n) is 6.17. The van der Waals surface area contributed by atoms with Crippen molar-refractivity contribution in [2.45, 2.75) is 45.9 Å². The number of rotatable bonds is 15. The molecule has 0 aliphatic carbocycles. The van der Waals surface area contributed by atoms with Crippen LogP contribution in [0.3, 0.4) is 0 Å². The van der Waals surface area contributed by atoms with Crippen LogP contribution < -0.4 is 9.47 Å². The van der Waals surface area contributed by atoms with E-state index in [1.807, 2.05) is 78.3 Å². The molecule has 0 aliphatic heterocycles. The quantitative estimate of drug-likeness (QED) is 0.200. The maximum atomic E-state index is 10.8. The van der Waals surface area contributed by atoms with Gasteiger partial charge in [-0.05, 0) is 61.9 Å². The van der Waals surface area contributed by atoms with Gasteiger partial charge in [-0.25, -0.2) is 4.68 Å². The zero-order valence-corrected chi connectivity index (χ0v) is 22.4. The number of para-hydroxylation sites is 1. The Morgan fingerprint density at radius 1 is 1.00 bits per heavy atom. The van der Waals surface area contributed by atoms with Gasteiger partial charge < -0.3 is 23.7 Å². The molecule has 2 aromatic carbocycles. The van der Waals surface area contributed by atoms with Crippen LogP contribution in [0.5, 0.6) is 17.4 Å². The molecule has 0 amide bonds. The van der Waals surface area contributed by atoms with Gasteiger partial charge in [-0.1, -0.05) is 31.5 Å². The molecular weight excluding hydrogens is 482 g/mol. The predicted molar refractivity (Wildman–Crippen MR) is 146 cm³/mol. The average Bonchev–Trinajstić information content (AvgIpc) is 3.56. The summed E-state index contributed by atoms with van der Waals surface area (Å²) in [5, 5.41) is 15.6. The molecule has 8 nitrogen and oxygen atoms in total. The Morgan fingerprint density at radius 2 is 1.76 bits per heavy atom.